The first-order valence-corrected chi connectivity index (χ1v) is 12.1. The minimum atomic E-state index is -1.53. The van der Waals surface area contributed by atoms with Gasteiger partial charge in [-0.1, -0.05) is 69.0 Å². The fraction of sp³-hybridized carbons (Fsp3) is 0.500. The van der Waals surface area contributed by atoms with Crippen LogP contribution in [0.3, 0.4) is 0 Å². The summed E-state index contributed by atoms with van der Waals surface area (Å²) in [6.45, 7) is 9.84. The first kappa shape index (κ1) is 24.4. The number of rotatable bonds is 2. The van der Waals surface area contributed by atoms with Crippen LogP contribution in [0.1, 0.15) is 39.2 Å². The zero-order chi connectivity index (χ0) is 24.6. The summed E-state index contributed by atoms with van der Waals surface area (Å²) in [6, 6.07) is 9.62. The van der Waals surface area contributed by atoms with Gasteiger partial charge < -0.3 is 20.3 Å². The third-order valence-electron chi connectivity index (χ3n) is 7.97. The molecule has 8 atom stereocenters. The summed E-state index contributed by atoms with van der Waals surface area (Å²) in [4.78, 5) is 26.8. The number of nitrogens with one attached hydrogen (secondary N) is 1. The van der Waals surface area contributed by atoms with Gasteiger partial charge in [-0.2, -0.15) is 0 Å². The molecule has 1 saturated heterocycles. The normalized spacial score (nSPS) is 41.0. The second-order valence-electron chi connectivity index (χ2n) is 10.1. The van der Waals surface area contributed by atoms with Crippen molar-refractivity contribution in [2.45, 2.75) is 63.9 Å². The average Bonchev–Trinajstić information content (AvgIpc) is 3.08. The Morgan fingerprint density at radius 2 is 1.85 bits per heavy atom. The molecule has 2 aliphatic heterocycles. The highest BCUT2D eigenvalue weighted by molar-refractivity contribution is 5.92. The van der Waals surface area contributed by atoms with Gasteiger partial charge in [-0.3, -0.25) is 9.59 Å². The maximum atomic E-state index is 13.7. The van der Waals surface area contributed by atoms with Crippen LogP contribution in [0, 0.1) is 23.7 Å². The number of amides is 1. The van der Waals surface area contributed by atoms with Crippen LogP contribution < -0.4 is 5.32 Å². The van der Waals surface area contributed by atoms with E-state index in [4.69, 9.17) is 4.74 Å². The Balaban J connectivity index is 1.79. The maximum Gasteiger partial charge on any atom is 0.310 e. The van der Waals surface area contributed by atoms with Crippen molar-refractivity contribution in [2.75, 3.05) is 0 Å². The Morgan fingerprint density at radius 1 is 1.15 bits per heavy atom. The van der Waals surface area contributed by atoms with Gasteiger partial charge in [-0.25, -0.2) is 0 Å². The second kappa shape index (κ2) is 9.51. The van der Waals surface area contributed by atoms with Crippen LogP contribution >= 0.6 is 0 Å². The number of carbonyl (C=O) groups is 2. The van der Waals surface area contributed by atoms with E-state index in [0.29, 0.717) is 24.0 Å². The summed E-state index contributed by atoms with van der Waals surface area (Å²) < 4.78 is 6.09. The van der Waals surface area contributed by atoms with Crippen molar-refractivity contribution >= 4 is 11.9 Å². The molecule has 1 aromatic rings. The quantitative estimate of drug-likeness (QED) is 0.461. The molecule has 1 aliphatic carbocycles. The van der Waals surface area contributed by atoms with E-state index in [0.717, 1.165) is 5.56 Å². The molecule has 1 aromatic carbocycles. The molecule has 3 N–H and O–H groups in total. The van der Waals surface area contributed by atoms with Gasteiger partial charge in [0.2, 0.25) is 5.60 Å². The van der Waals surface area contributed by atoms with E-state index in [2.05, 4.69) is 11.9 Å². The van der Waals surface area contributed by atoms with Crippen molar-refractivity contribution in [3.63, 3.8) is 0 Å². The van der Waals surface area contributed by atoms with E-state index < -0.39 is 29.7 Å². The van der Waals surface area contributed by atoms with Crippen LogP contribution in [-0.2, 0) is 20.7 Å². The molecule has 4 rings (SSSR count). The van der Waals surface area contributed by atoms with Gasteiger partial charge >= 0.3 is 5.97 Å². The lowest BCUT2D eigenvalue weighted by Gasteiger charge is -2.49. The van der Waals surface area contributed by atoms with Crippen molar-refractivity contribution in [1.29, 1.82) is 0 Å². The lowest BCUT2D eigenvalue weighted by atomic mass is 9.59. The van der Waals surface area contributed by atoms with E-state index in [-0.39, 0.29) is 36.1 Å². The van der Waals surface area contributed by atoms with Crippen LogP contribution in [0.15, 0.2) is 66.3 Å². The minimum absolute atomic E-state index is 0.0530. The maximum absolute atomic E-state index is 13.7. The van der Waals surface area contributed by atoms with Crippen molar-refractivity contribution in [2.24, 2.45) is 23.7 Å². The molecule has 0 bridgehead atoms. The predicted molar refractivity (Wildman–Crippen MR) is 129 cm³/mol. The lowest BCUT2D eigenvalue weighted by molar-refractivity contribution is -0.185. The van der Waals surface area contributed by atoms with Gasteiger partial charge in [0.1, 0.15) is 0 Å². The SMILES string of the molecule is C=C1[C@@H](C)[C@H]2[C@H](Cc3ccccc3)NC(=O)[C@]23OC(=O)C/C=C(\C)C(O)[C@@H](C)C/C=C/[C@H]3[C@@H]1O. The average molecular weight is 466 g/mol. The summed E-state index contributed by atoms with van der Waals surface area (Å²) in [5.74, 6) is -2.39. The summed E-state index contributed by atoms with van der Waals surface area (Å²) in [6.07, 6.45) is 4.71. The topological polar surface area (TPSA) is 95.9 Å². The Morgan fingerprint density at radius 3 is 2.56 bits per heavy atom. The number of aliphatic hydroxyl groups excluding tert-OH is 2. The van der Waals surface area contributed by atoms with Crippen LogP contribution in [0.5, 0.6) is 0 Å². The number of hydrogen-bond acceptors (Lipinski definition) is 5. The van der Waals surface area contributed by atoms with E-state index in [1.54, 1.807) is 19.1 Å². The number of hydrogen-bond donors (Lipinski definition) is 3. The van der Waals surface area contributed by atoms with Gasteiger partial charge in [0.05, 0.1) is 24.5 Å². The highest BCUT2D eigenvalue weighted by Crippen LogP contribution is 2.52. The summed E-state index contributed by atoms with van der Waals surface area (Å²) in [5, 5.41) is 24.9. The van der Waals surface area contributed by atoms with Gasteiger partial charge in [0.25, 0.3) is 5.91 Å². The van der Waals surface area contributed by atoms with Crippen molar-refractivity contribution in [3.05, 3.63) is 71.8 Å². The fourth-order valence-electron chi connectivity index (χ4n) is 5.97. The zero-order valence-corrected chi connectivity index (χ0v) is 20.1. The van der Waals surface area contributed by atoms with Crippen LogP contribution in [0.4, 0.5) is 0 Å². The number of esters is 1. The molecule has 0 radical (unpaired) electrons. The van der Waals surface area contributed by atoms with Crippen molar-refractivity contribution in [1.82, 2.24) is 5.32 Å². The van der Waals surface area contributed by atoms with Gasteiger partial charge in [-0.15, -0.1) is 0 Å². The molecule has 2 heterocycles. The number of aliphatic hydroxyl groups is 2. The lowest BCUT2D eigenvalue weighted by Crippen LogP contribution is -2.61. The smallest absolute Gasteiger partial charge is 0.310 e. The van der Waals surface area contributed by atoms with Gasteiger partial charge in [0.15, 0.2) is 0 Å². The molecule has 182 valence electrons. The first-order chi connectivity index (χ1) is 16.2. The van der Waals surface area contributed by atoms with E-state index in [9.17, 15) is 19.8 Å². The molecule has 2 fully saturated rings. The summed E-state index contributed by atoms with van der Waals surface area (Å²) in [5.41, 5.74) is 0.876. The zero-order valence-electron chi connectivity index (χ0n) is 20.1. The number of benzene rings is 1. The molecule has 1 saturated carbocycles. The molecule has 1 amide bonds. The minimum Gasteiger partial charge on any atom is -0.448 e. The fourth-order valence-corrected chi connectivity index (χ4v) is 5.97. The van der Waals surface area contributed by atoms with E-state index in [1.165, 1.54) is 0 Å². The van der Waals surface area contributed by atoms with E-state index >= 15 is 0 Å². The monoisotopic (exact) mass is 465 g/mol. The van der Waals surface area contributed by atoms with Crippen molar-refractivity contribution < 1.29 is 24.5 Å². The van der Waals surface area contributed by atoms with Gasteiger partial charge in [0, 0.05) is 12.0 Å². The highest BCUT2D eigenvalue weighted by atomic mass is 16.6. The number of allylic oxidation sites excluding steroid dienone is 1. The first-order valence-electron chi connectivity index (χ1n) is 12.1. The third kappa shape index (κ3) is 4.14. The van der Waals surface area contributed by atoms with Crippen LogP contribution in [0.2, 0.25) is 0 Å². The van der Waals surface area contributed by atoms with Crippen LogP contribution in [0.25, 0.3) is 0 Å². The molecule has 1 unspecified atom stereocenters. The Labute approximate surface area is 201 Å². The molecule has 6 nitrogen and oxygen atoms in total. The third-order valence-corrected chi connectivity index (χ3v) is 7.97. The number of ether oxygens (including phenoxy) is 1. The highest BCUT2D eigenvalue weighted by Gasteiger charge is 2.67. The Hall–Kier alpha value is -2.70. The van der Waals surface area contributed by atoms with Crippen molar-refractivity contribution in [3.8, 4) is 0 Å². The molecule has 0 aromatic heterocycles. The molecule has 1 spiro atoms. The second-order valence-corrected chi connectivity index (χ2v) is 10.1. The molecule has 3 aliphatic rings. The van der Waals surface area contributed by atoms with E-state index in [1.807, 2.05) is 50.3 Å². The summed E-state index contributed by atoms with van der Waals surface area (Å²) >= 11 is 0. The predicted octanol–water partition coefficient (Wildman–Crippen LogP) is 3.10. The number of carbonyl (C=O) groups excluding carboxylic acids is 2. The molecule has 6 heteroatoms. The molecular formula is C28H35NO5. The Kier molecular flexibility index (Phi) is 6.83. The molecular weight excluding hydrogens is 430 g/mol. The molecule has 34 heavy (non-hydrogen) atoms. The largest absolute Gasteiger partial charge is 0.448 e. The summed E-state index contributed by atoms with van der Waals surface area (Å²) in [7, 11) is 0. The standard InChI is InChI=1S/C28H35NO5/c1-16-9-8-12-21-26(32)19(4)18(3)24-22(15-20-10-6-5-7-11-20)29-27(33)28(21,24)34-23(30)14-13-17(2)25(16)31/h5-8,10-13,16,18,21-22,24-26,31-32H,4,9,14-15H2,1-3H3,(H,29,33)/b12-8+,17-13+/t16-,18+,21-,22-,24-,25?,26+,28+/m0/s1. The van der Waals surface area contributed by atoms with Crippen LogP contribution in [-0.4, -0.2) is 45.9 Å². The van der Waals surface area contributed by atoms with Gasteiger partial charge in [-0.05, 0) is 48.3 Å². The Bertz CT molecular complexity index is 1010.